The molecule has 0 aliphatic rings. The van der Waals surface area contributed by atoms with E-state index >= 15 is 0 Å². The van der Waals surface area contributed by atoms with Gasteiger partial charge in [0.1, 0.15) is 17.3 Å². The van der Waals surface area contributed by atoms with E-state index in [4.69, 9.17) is 9.47 Å². The zero-order valence-electron chi connectivity index (χ0n) is 11.4. The van der Waals surface area contributed by atoms with Crippen LogP contribution in [-0.2, 0) is 6.42 Å². The van der Waals surface area contributed by atoms with Crippen molar-refractivity contribution in [3.8, 4) is 11.5 Å². The van der Waals surface area contributed by atoms with E-state index in [9.17, 15) is 9.18 Å². The largest absolute Gasteiger partial charge is 0.497 e. The summed E-state index contributed by atoms with van der Waals surface area (Å²) in [5, 5.41) is 0. The maximum Gasteiger partial charge on any atom is 0.170 e. The molecule has 0 aliphatic heterocycles. The second kappa shape index (κ2) is 6.19. The van der Waals surface area contributed by atoms with Crippen LogP contribution in [0.4, 0.5) is 4.39 Å². The molecular formula is C16H15FO3. The number of benzene rings is 2. The maximum atomic E-state index is 13.8. The fourth-order valence-electron chi connectivity index (χ4n) is 1.97. The van der Waals surface area contributed by atoms with Gasteiger partial charge in [0.15, 0.2) is 5.78 Å². The number of hydrogen-bond acceptors (Lipinski definition) is 3. The number of ketones is 1. The van der Waals surface area contributed by atoms with Crippen LogP contribution in [0.3, 0.4) is 0 Å². The molecule has 2 aromatic carbocycles. The summed E-state index contributed by atoms with van der Waals surface area (Å²) in [6, 6.07) is 11.4. The van der Waals surface area contributed by atoms with Gasteiger partial charge in [0.25, 0.3) is 0 Å². The van der Waals surface area contributed by atoms with E-state index in [1.165, 1.54) is 26.4 Å². The highest BCUT2D eigenvalue weighted by Gasteiger charge is 2.15. The third-order valence-electron chi connectivity index (χ3n) is 3.02. The van der Waals surface area contributed by atoms with Crippen molar-refractivity contribution in [1.82, 2.24) is 0 Å². The summed E-state index contributed by atoms with van der Waals surface area (Å²) in [6.45, 7) is 0. The van der Waals surface area contributed by atoms with Crippen LogP contribution in [0.25, 0.3) is 0 Å². The van der Waals surface area contributed by atoms with Gasteiger partial charge in [-0.25, -0.2) is 4.39 Å². The summed E-state index contributed by atoms with van der Waals surface area (Å²) in [6.07, 6.45) is 0.0905. The van der Waals surface area contributed by atoms with Gasteiger partial charge in [-0.05, 0) is 18.2 Å². The second-order valence-corrected chi connectivity index (χ2v) is 4.26. The monoisotopic (exact) mass is 274 g/mol. The van der Waals surface area contributed by atoms with E-state index in [1.54, 1.807) is 18.2 Å². The molecule has 0 aliphatic carbocycles. The zero-order valence-corrected chi connectivity index (χ0v) is 11.4. The highest BCUT2D eigenvalue weighted by Crippen LogP contribution is 2.22. The standard InChI is InChI=1S/C16H15FO3/c1-19-12-7-8-13(14(17)10-12)15(18)9-11-5-3-4-6-16(11)20-2/h3-8,10H,9H2,1-2H3. The van der Waals surface area contributed by atoms with Crippen molar-refractivity contribution in [3.05, 3.63) is 59.4 Å². The smallest absolute Gasteiger partial charge is 0.170 e. The van der Waals surface area contributed by atoms with E-state index in [0.717, 1.165) is 5.56 Å². The van der Waals surface area contributed by atoms with Gasteiger partial charge in [0.2, 0.25) is 0 Å². The third-order valence-corrected chi connectivity index (χ3v) is 3.02. The lowest BCUT2D eigenvalue weighted by atomic mass is 10.0. The number of hydrogen-bond donors (Lipinski definition) is 0. The molecule has 0 fully saturated rings. The van der Waals surface area contributed by atoms with Crippen LogP contribution in [-0.4, -0.2) is 20.0 Å². The van der Waals surface area contributed by atoms with Crippen molar-refractivity contribution in [2.45, 2.75) is 6.42 Å². The Morgan fingerprint density at radius 3 is 2.50 bits per heavy atom. The van der Waals surface area contributed by atoms with E-state index < -0.39 is 5.82 Å². The fourth-order valence-corrected chi connectivity index (χ4v) is 1.97. The van der Waals surface area contributed by atoms with Crippen LogP contribution in [0.5, 0.6) is 11.5 Å². The fraction of sp³-hybridized carbons (Fsp3) is 0.188. The number of ether oxygens (including phenoxy) is 2. The molecule has 2 aromatic rings. The van der Waals surface area contributed by atoms with E-state index in [0.29, 0.717) is 11.5 Å². The Balaban J connectivity index is 2.24. The van der Waals surface area contributed by atoms with Gasteiger partial charge < -0.3 is 9.47 Å². The van der Waals surface area contributed by atoms with Gasteiger partial charge in [0, 0.05) is 18.1 Å². The van der Waals surface area contributed by atoms with Crippen LogP contribution in [0.1, 0.15) is 15.9 Å². The number of methoxy groups -OCH3 is 2. The van der Waals surface area contributed by atoms with Gasteiger partial charge in [-0.2, -0.15) is 0 Å². The van der Waals surface area contributed by atoms with Crippen LogP contribution in [0.15, 0.2) is 42.5 Å². The molecule has 0 N–H and O–H groups in total. The molecule has 0 radical (unpaired) electrons. The van der Waals surface area contributed by atoms with Crippen LogP contribution >= 0.6 is 0 Å². The van der Waals surface area contributed by atoms with Crippen LogP contribution < -0.4 is 9.47 Å². The molecule has 104 valence electrons. The summed E-state index contributed by atoms with van der Waals surface area (Å²) in [5.41, 5.74) is 0.784. The number of carbonyl (C=O) groups excluding carboxylic acids is 1. The van der Waals surface area contributed by atoms with Crippen molar-refractivity contribution < 1.29 is 18.7 Å². The molecular weight excluding hydrogens is 259 g/mol. The number of Topliss-reactive ketones (excluding diaryl/α,β-unsaturated/α-hetero) is 1. The molecule has 0 saturated heterocycles. The number of para-hydroxylation sites is 1. The zero-order chi connectivity index (χ0) is 14.5. The second-order valence-electron chi connectivity index (χ2n) is 4.26. The lowest BCUT2D eigenvalue weighted by Gasteiger charge is -2.08. The SMILES string of the molecule is COc1ccc(C(=O)Cc2ccccc2OC)c(F)c1. The predicted molar refractivity (Wildman–Crippen MR) is 74.0 cm³/mol. The highest BCUT2D eigenvalue weighted by molar-refractivity contribution is 5.98. The molecule has 0 heterocycles. The first-order valence-electron chi connectivity index (χ1n) is 6.14. The Morgan fingerprint density at radius 2 is 1.85 bits per heavy atom. The van der Waals surface area contributed by atoms with Crippen LogP contribution in [0, 0.1) is 5.82 Å². The van der Waals surface area contributed by atoms with Gasteiger partial charge in [0.05, 0.1) is 19.8 Å². The van der Waals surface area contributed by atoms with Crippen molar-refractivity contribution >= 4 is 5.78 Å². The molecule has 0 atom stereocenters. The first kappa shape index (κ1) is 14.1. The Labute approximate surface area is 117 Å². The summed E-state index contributed by atoms with van der Waals surface area (Å²) in [4.78, 5) is 12.2. The topological polar surface area (TPSA) is 35.5 Å². The van der Waals surface area contributed by atoms with Crippen molar-refractivity contribution in [1.29, 1.82) is 0 Å². The summed E-state index contributed by atoms with van der Waals surface area (Å²) >= 11 is 0. The molecule has 0 spiro atoms. The Kier molecular flexibility index (Phi) is 4.35. The summed E-state index contributed by atoms with van der Waals surface area (Å²) in [7, 11) is 2.99. The molecule has 0 aromatic heterocycles. The van der Waals surface area contributed by atoms with Crippen LogP contribution in [0.2, 0.25) is 0 Å². The van der Waals surface area contributed by atoms with Crippen molar-refractivity contribution in [2.75, 3.05) is 14.2 Å². The van der Waals surface area contributed by atoms with Gasteiger partial charge in [-0.3, -0.25) is 4.79 Å². The molecule has 0 amide bonds. The number of halogens is 1. The summed E-state index contributed by atoms with van der Waals surface area (Å²) in [5.74, 6) is 0.130. The minimum atomic E-state index is -0.579. The van der Waals surface area contributed by atoms with Gasteiger partial charge in [-0.1, -0.05) is 18.2 Å². The predicted octanol–water partition coefficient (Wildman–Crippen LogP) is 3.27. The first-order valence-corrected chi connectivity index (χ1v) is 6.14. The lowest BCUT2D eigenvalue weighted by Crippen LogP contribution is -2.07. The van der Waals surface area contributed by atoms with E-state index in [-0.39, 0.29) is 17.8 Å². The molecule has 2 rings (SSSR count). The molecule has 0 bridgehead atoms. The molecule has 0 unspecified atom stereocenters. The maximum absolute atomic E-state index is 13.8. The molecule has 3 nitrogen and oxygen atoms in total. The lowest BCUT2D eigenvalue weighted by molar-refractivity contribution is 0.0988. The minimum absolute atomic E-state index is 0.0525. The Morgan fingerprint density at radius 1 is 1.10 bits per heavy atom. The van der Waals surface area contributed by atoms with Crippen molar-refractivity contribution in [2.24, 2.45) is 0 Å². The molecule has 20 heavy (non-hydrogen) atoms. The minimum Gasteiger partial charge on any atom is -0.497 e. The quantitative estimate of drug-likeness (QED) is 0.785. The van der Waals surface area contributed by atoms with Gasteiger partial charge >= 0.3 is 0 Å². The Hall–Kier alpha value is -2.36. The normalized spacial score (nSPS) is 10.2. The highest BCUT2D eigenvalue weighted by atomic mass is 19.1. The number of rotatable bonds is 5. The van der Waals surface area contributed by atoms with Crippen molar-refractivity contribution in [3.63, 3.8) is 0 Å². The molecule has 4 heteroatoms. The number of carbonyl (C=O) groups is 1. The average molecular weight is 274 g/mol. The third kappa shape index (κ3) is 2.96. The Bertz CT molecular complexity index is 623. The molecule has 0 saturated carbocycles. The van der Waals surface area contributed by atoms with E-state index in [1.807, 2.05) is 12.1 Å². The first-order chi connectivity index (χ1) is 9.65. The average Bonchev–Trinajstić information content (AvgIpc) is 2.47. The summed E-state index contributed by atoms with van der Waals surface area (Å²) < 4.78 is 23.9. The van der Waals surface area contributed by atoms with E-state index in [2.05, 4.69) is 0 Å². The van der Waals surface area contributed by atoms with Gasteiger partial charge in [-0.15, -0.1) is 0 Å².